The van der Waals surface area contributed by atoms with Crippen LogP contribution in [0.15, 0.2) is 141 Å². The lowest BCUT2D eigenvalue weighted by Gasteiger charge is -2.11. The minimum absolute atomic E-state index is 0.000128. The number of rotatable bonds is 11. The van der Waals surface area contributed by atoms with E-state index in [2.05, 4.69) is 50.0 Å². The maximum Gasteiger partial charge on any atom is 0.371 e. The molecule has 0 aliphatic carbocycles. The fourth-order valence-electron chi connectivity index (χ4n) is 4.27. The van der Waals surface area contributed by atoms with Gasteiger partial charge in [0.2, 0.25) is 11.7 Å². The number of esters is 5. The highest BCUT2D eigenvalue weighted by Crippen LogP contribution is 2.31. The van der Waals surface area contributed by atoms with Crippen LogP contribution in [0, 0.1) is 23.7 Å². The molecule has 0 aliphatic rings. The Morgan fingerprint density at radius 1 is 0.554 bits per heavy atom. The molecule has 0 amide bonds. The highest BCUT2D eigenvalue weighted by atomic mass is 19.1. The molecule has 0 aliphatic heterocycles. The van der Waals surface area contributed by atoms with Crippen LogP contribution in [0.25, 0.3) is 5.57 Å². The van der Waals surface area contributed by atoms with Gasteiger partial charge in [-0.3, -0.25) is 0 Å². The molecule has 10 nitrogen and oxygen atoms in total. The molecule has 56 heavy (non-hydrogen) atoms. The van der Waals surface area contributed by atoms with E-state index in [1.165, 1.54) is 66.7 Å². The van der Waals surface area contributed by atoms with E-state index < -0.39 is 41.5 Å². The van der Waals surface area contributed by atoms with Gasteiger partial charge in [-0.25, -0.2) is 24.0 Å². The van der Waals surface area contributed by atoms with E-state index in [1.54, 1.807) is 31.2 Å². The van der Waals surface area contributed by atoms with Crippen molar-refractivity contribution in [3.05, 3.63) is 169 Å². The quantitative estimate of drug-likeness (QED) is 0.0658. The van der Waals surface area contributed by atoms with E-state index in [4.69, 9.17) is 23.7 Å². The molecule has 12 heteroatoms. The van der Waals surface area contributed by atoms with Gasteiger partial charge in [-0.15, -0.1) is 0 Å². The number of ether oxygens (including phenoxy) is 5. The summed E-state index contributed by atoms with van der Waals surface area (Å²) in [5.41, 5.74) is 2.13. The molecule has 0 radical (unpaired) electrons. The molecule has 0 spiro atoms. The normalized spacial score (nSPS) is 10.2. The van der Waals surface area contributed by atoms with E-state index in [0.29, 0.717) is 22.3 Å². The average molecular weight is 755 g/mol. The molecule has 0 aromatic heterocycles. The van der Waals surface area contributed by atoms with Gasteiger partial charge in [0.05, 0.1) is 0 Å². The van der Waals surface area contributed by atoms with Crippen LogP contribution in [-0.2, 0) is 24.0 Å². The van der Waals surface area contributed by atoms with Crippen molar-refractivity contribution < 1.29 is 56.4 Å². The summed E-state index contributed by atoms with van der Waals surface area (Å²) in [6, 6.07) is 20.8. The summed E-state index contributed by atoms with van der Waals surface area (Å²) in [6.45, 7) is 14.2. The number of allylic oxidation sites excluding steroid dienone is 1. The largest absolute Gasteiger partial charge is 0.423 e. The summed E-state index contributed by atoms with van der Waals surface area (Å²) < 4.78 is 52.0. The lowest BCUT2D eigenvalue weighted by atomic mass is 10.1. The van der Waals surface area contributed by atoms with Crippen LogP contribution in [0.3, 0.4) is 0 Å². The number of hydrogen-bond donors (Lipinski definition) is 0. The van der Waals surface area contributed by atoms with Gasteiger partial charge in [-0.2, -0.15) is 8.78 Å². The van der Waals surface area contributed by atoms with Gasteiger partial charge in [0.25, 0.3) is 0 Å². The molecular formula is C44H28F2O10. The lowest BCUT2D eigenvalue weighted by Crippen LogP contribution is -2.09. The van der Waals surface area contributed by atoms with Crippen LogP contribution in [-0.4, -0.2) is 29.8 Å². The highest BCUT2D eigenvalue weighted by molar-refractivity contribution is 5.93. The highest BCUT2D eigenvalue weighted by Gasteiger charge is 2.17. The number of carbonyl (C=O) groups is 5. The third kappa shape index (κ3) is 12.0. The topological polar surface area (TPSA) is 132 Å². The fourth-order valence-corrected chi connectivity index (χ4v) is 4.27. The SMILES string of the molecule is C=CC(=O)Oc1cc(C#Cc2ccc(OC(=O)/C=C(\C)c3cccc(OC(=O)C(=C)F)c3)cc2)cc(OC(=O)C=C)c1C#Cc1ccc(OC(=O)C(=C)F)cc1. The number of carbonyl (C=O) groups excluding carboxylic acids is 5. The predicted molar refractivity (Wildman–Crippen MR) is 200 cm³/mol. The number of halogens is 2. The summed E-state index contributed by atoms with van der Waals surface area (Å²) in [6.07, 6.45) is 3.08. The Kier molecular flexibility index (Phi) is 13.9. The van der Waals surface area contributed by atoms with Crippen LogP contribution in [0.5, 0.6) is 28.7 Å². The minimum atomic E-state index is -1.26. The molecular weight excluding hydrogens is 726 g/mol. The first-order valence-corrected chi connectivity index (χ1v) is 16.0. The minimum Gasteiger partial charge on any atom is -0.423 e. The van der Waals surface area contributed by atoms with Crippen molar-refractivity contribution in [2.75, 3.05) is 0 Å². The first-order chi connectivity index (χ1) is 26.7. The van der Waals surface area contributed by atoms with Crippen LogP contribution in [0.4, 0.5) is 8.78 Å². The second kappa shape index (κ2) is 19.1. The third-order valence-corrected chi connectivity index (χ3v) is 6.92. The number of hydrogen-bond acceptors (Lipinski definition) is 10. The van der Waals surface area contributed by atoms with Crippen molar-refractivity contribution in [3.8, 4) is 52.4 Å². The maximum absolute atomic E-state index is 13.0. The first kappa shape index (κ1) is 40.7. The van der Waals surface area contributed by atoms with E-state index in [1.807, 2.05) is 0 Å². The summed E-state index contributed by atoms with van der Waals surface area (Å²) in [7, 11) is 0. The molecule has 4 aromatic carbocycles. The zero-order valence-corrected chi connectivity index (χ0v) is 29.5. The van der Waals surface area contributed by atoms with E-state index in [-0.39, 0.29) is 39.9 Å². The molecule has 0 atom stereocenters. The van der Waals surface area contributed by atoms with Crippen molar-refractivity contribution >= 4 is 35.4 Å². The van der Waals surface area contributed by atoms with E-state index in [9.17, 15) is 32.8 Å². The van der Waals surface area contributed by atoms with Crippen molar-refractivity contribution in [1.82, 2.24) is 0 Å². The Morgan fingerprint density at radius 2 is 1.02 bits per heavy atom. The fraction of sp³-hybridized carbons (Fsp3) is 0.0227. The zero-order valence-electron chi connectivity index (χ0n) is 29.5. The zero-order chi connectivity index (χ0) is 40.8. The summed E-state index contributed by atoms with van der Waals surface area (Å²) in [5.74, 6) is 4.18. The van der Waals surface area contributed by atoms with E-state index >= 15 is 0 Å². The summed E-state index contributed by atoms with van der Waals surface area (Å²) in [5, 5.41) is 0. The Hall–Kier alpha value is -8.09. The second-order valence-electron chi connectivity index (χ2n) is 11.0. The molecule has 278 valence electrons. The van der Waals surface area contributed by atoms with E-state index in [0.717, 1.165) is 12.2 Å². The van der Waals surface area contributed by atoms with Crippen molar-refractivity contribution in [1.29, 1.82) is 0 Å². The average Bonchev–Trinajstić information content (AvgIpc) is 3.17. The summed E-state index contributed by atoms with van der Waals surface area (Å²) >= 11 is 0. The van der Waals surface area contributed by atoms with Gasteiger partial charge >= 0.3 is 29.8 Å². The smallest absolute Gasteiger partial charge is 0.371 e. The molecule has 0 unspecified atom stereocenters. The Morgan fingerprint density at radius 3 is 1.52 bits per heavy atom. The van der Waals surface area contributed by atoms with Gasteiger partial charge in [0.15, 0.2) is 11.5 Å². The molecule has 0 N–H and O–H groups in total. The lowest BCUT2D eigenvalue weighted by molar-refractivity contribution is -0.132. The predicted octanol–water partition coefficient (Wildman–Crippen LogP) is 7.46. The first-order valence-electron chi connectivity index (χ1n) is 16.0. The van der Waals surface area contributed by atoms with Gasteiger partial charge in [0, 0.05) is 34.9 Å². The standard InChI is InChI=1S/C44H28F2O10/c1-6-40(47)55-38-24-32(25-39(56-41(48)7-2)37(38)22-17-31-15-20-35(21-16-31)53-43(50)28(4)45)12-11-30-13-18-34(19-14-30)52-42(49)23-27(3)33-9-8-10-36(26-33)54-44(51)29(5)46/h6-10,13-16,18-21,23-26H,1-2,4-5H2,3H3/b27-23+. The van der Waals surface area contributed by atoms with Crippen molar-refractivity contribution in [2.24, 2.45) is 0 Å². The van der Waals surface area contributed by atoms with Crippen LogP contribution >= 0.6 is 0 Å². The van der Waals surface area contributed by atoms with Crippen LogP contribution in [0.2, 0.25) is 0 Å². The van der Waals surface area contributed by atoms with Crippen LogP contribution < -0.4 is 23.7 Å². The molecule has 0 saturated carbocycles. The van der Waals surface area contributed by atoms with Gasteiger partial charge in [0.1, 0.15) is 22.8 Å². The Balaban J connectivity index is 1.57. The monoisotopic (exact) mass is 754 g/mol. The Labute approximate surface area is 319 Å². The number of benzene rings is 4. The second-order valence-corrected chi connectivity index (χ2v) is 11.0. The van der Waals surface area contributed by atoms with Gasteiger partial charge in [-0.1, -0.05) is 62.1 Å². The summed E-state index contributed by atoms with van der Waals surface area (Å²) in [4.78, 5) is 60.1. The molecule has 0 heterocycles. The maximum atomic E-state index is 13.0. The molecule has 0 bridgehead atoms. The Bertz CT molecular complexity index is 2390. The van der Waals surface area contributed by atoms with Crippen LogP contribution in [0.1, 0.15) is 34.7 Å². The molecule has 0 fully saturated rings. The molecule has 4 rings (SSSR count). The molecule has 4 aromatic rings. The van der Waals surface area contributed by atoms with Gasteiger partial charge < -0.3 is 23.7 Å². The molecule has 0 saturated heterocycles. The van der Waals surface area contributed by atoms with Crippen molar-refractivity contribution in [2.45, 2.75) is 6.92 Å². The van der Waals surface area contributed by atoms with Crippen molar-refractivity contribution in [3.63, 3.8) is 0 Å². The third-order valence-electron chi connectivity index (χ3n) is 6.92. The van der Waals surface area contributed by atoms with Gasteiger partial charge in [-0.05, 0) is 90.9 Å².